The Kier molecular flexibility index (Phi) is 4.16. The van der Waals surface area contributed by atoms with E-state index in [-0.39, 0.29) is 5.78 Å². The minimum atomic E-state index is -4.36. The van der Waals surface area contributed by atoms with Crippen molar-refractivity contribution in [3.8, 4) is 0 Å². The Labute approximate surface area is 104 Å². The molecular weight excluding hydrogens is 243 g/mol. The van der Waals surface area contributed by atoms with E-state index in [1.807, 2.05) is 0 Å². The summed E-state index contributed by atoms with van der Waals surface area (Å²) >= 11 is 0. The van der Waals surface area contributed by atoms with E-state index in [4.69, 9.17) is 0 Å². The van der Waals surface area contributed by atoms with Gasteiger partial charge in [0.15, 0.2) is 5.78 Å². The van der Waals surface area contributed by atoms with Crippen LogP contribution in [-0.4, -0.2) is 24.8 Å². The van der Waals surface area contributed by atoms with Gasteiger partial charge in [-0.15, -0.1) is 0 Å². The van der Waals surface area contributed by atoms with E-state index in [2.05, 4.69) is 0 Å². The molecule has 0 aliphatic carbocycles. The van der Waals surface area contributed by atoms with Crippen LogP contribution in [0.2, 0.25) is 0 Å². The number of rotatable bonds is 3. The number of benzene rings is 1. The number of Topliss-reactive ketones (excluding diaryl/α,β-unsaturated/α-hetero) is 1. The molecule has 0 unspecified atom stereocenters. The zero-order valence-electron chi connectivity index (χ0n) is 10.4. The number of allylic oxidation sites excluding steroid dienone is 1. The largest absolute Gasteiger partial charge is 0.416 e. The molecule has 0 N–H and O–H groups in total. The van der Waals surface area contributed by atoms with Crippen LogP contribution in [-0.2, 0) is 11.0 Å². The van der Waals surface area contributed by atoms with E-state index >= 15 is 0 Å². The number of carbonyl (C=O) groups excluding carboxylic acids is 1. The van der Waals surface area contributed by atoms with E-state index in [1.165, 1.54) is 19.1 Å². The van der Waals surface area contributed by atoms with Gasteiger partial charge in [-0.25, -0.2) is 0 Å². The van der Waals surface area contributed by atoms with Crippen molar-refractivity contribution < 1.29 is 18.0 Å². The smallest absolute Gasteiger partial charge is 0.383 e. The van der Waals surface area contributed by atoms with Crippen LogP contribution in [0.5, 0.6) is 0 Å². The highest BCUT2D eigenvalue weighted by Gasteiger charge is 2.30. The van der Waals surface area contributed by atoms with Gasteiger partial charge in [-0.1, -0.05) is 12.1 Å². The first kappa shape index (κ1) is 14.3. The molecule has 0 aromatic heterocycles. The highest BCUT2D eigenvalue weighted by molar-refractivity contribution is 6.19. The fraction of sp³-hybridized carbons (Fsp3) is 0.308. The molecule has 0 radical (unpaired) electrons. The number of alkyl halides is 3. The maximum atomic E-state index is 12.4. The lowest BCUT2D eigenvalue weighted by Crippen LogP contribution is -2.08. The molecule has 0 spiro atoms. The summed E-state index contributed by atoms with van der Waals surface area (Å²) in [5.41, 5.74) is 0.136. The van der Waals surface area contributed by atoms with E-state index in [9.17, 15) is 18.0 Å². The fourth-order valence-electron chi connectivity index (χ4n) is 1.47. The molecule has 0 heterocycles. The zero-order chi connectivity index (χ0) is 13.9. The van der Waals surface area contributed by atoms with Gasteiger partial charge in [0.05, 0.1) is 5.56 Å². The molecule has 0 aliphatic heterocycles. The third-order valence-electron chi connectivity index (χ3n) is 2.29. The van der Waals surface area contributed by atoms with Crippen molar-refractivity contribution in [2.24, 2.45) is 0 Å². The lowest BCUT2D eigenvalue weighted by Gasteiger charge is -2.11. The maximum Gasteiger partial charge on any atom is 0.416 e. The zero-order valence-corrected chi connectivity index (χ0v) is 10.4. The van der Waals surface area contributed by atoms with Crippen LogP contribution in [0.3, 0.4) is 0 Å². The molecule has 1 rings (SSSR count). The van der Waals surface area contributed by atoms with Crippen LogP contribution in [0.1, 0.15) is 18.1 Å². The van der Waals surface area contributed by atoms with Crippen molar-refractivity contribution in [3.63, 3.8) is 0 Å². The van der Waals surface area contributed by atoms with E-state index in [1.54, 1.807) is 25.2 Å². The molecule has 0 saturated carbocycles. The first-order chi connectivity index (χ1) is 8.21. The third-order valence-corrected chi connectivity index (χ3v) is 2.29. The van der Waals surface area contributed by atoms with E-state index in [0.717, 1.165) is 12.1 Å². The molecule has 0 fully saturated rings. The van der Waals surface area contributed by atoms with Crippen molar-refractivity contribution in [1.29, 1.82) is 0 Å². The lowest BCUT2D eigenvalue weighted by molar-refractivity contribution is -0.137. The molecule has 0 saturated heterocycles. The molecule has 0 atom stereocenters. The number of halogens is 3. The second-order valence-corrected chi connectivity index (χ2v) is 4.14. The van der Waals surface area contributed by atoms with Crippen molar-refractivity contribution in [2.45, 2.75) is 13.1 Å². The van der Waals surface area contributed by atoms with Gasteiger partial charge in [0.25, 0.3) is 0 Å². The van der Waals surface area contributed by atoms with Gasteiger partial charge in [0.1, 0.15) is 0 Å². The number of hydrogen-bond donors (Lipinski definition) is 0. The van der Waals surface area contributed by atoms with Crippen LogP contribution in [0.15, 0.2) is 30.5 Å². The van der Waals surface area contributed by atoms with Crippen LogP contribution in [0, 0.1) is 0 Å². The molecule has 98 valence electrons. The Morgan fingerprint density at radius 3 is 2.00 bits per heavy atom. The van der Waals surface area contributed by atoms with Crippen LogP contribution < -0.4 is 0 Å². The number of nitrogens with zero attached hydrogens (tertiary/aromatic N) is 1. The second-order valence-electron chi connectivity index (χ2n) is 4.14. The summed E-state index contributed by atoms with van der Waals surface area (Å²) in [6, 6.07) is 4.56. The predicted octanol–water partition coefficient (Wildman–Crippen LogP) is 3.20. The summed E-state index contributed by atoms with van der Waals surface area (Å²) < 4.78 is 37.2. The predicted molar refractivity (Wildman–Crippen MR) is 63.8 cm³/mol. The van der Waals surface area contributed by atoms with Crippen LogP contribution in [0.25, 0.3) is 5.57 Å². The molecule has 18 heavy (non-hydrogen) atoms. The Morgan fingerprint density at radius 2 is 1.67 bits per heavy atom. The van der Waals surface area contributed by atoms with E-state index < -0.39 is 11.7 Å². The monoisotopic (exact) mass is 257 g/mol. The molecule has 1 aromatic carbocycles. The Morgan fingerprint density at radius 1 is 1.17 bits per heavy atom. The Hall–Kier alpha value is -1.78. The second kappa shape index (κ2) is 5.25. The van der Waals surface area contributed by atoms with Crippen LogP contribution in [0.4, 0.5) is 13.2 Å². The summed E-state index contributed by atoms with van der Waals surface area (Å²) in [7, 11) is 3.49. The summed E-state index contributed by atoms with van der Waals surface area (Å²) in [6.45, 7) is 1.38. The topological polar surface area (TPSA) is 20.3 Å². The van der Waals surface area contributed by atoms with Gasteiger partial charge >= 0.3 is 6.18 Å². The fourth-order valence-corrected chi connectivity index (χ4v) is 1.47. The van der Waals surface area contributed by atoms with E-state index in [0.29, 0.717) is 11.1 Å². The average Bonchev–Trinajstić information content (AvgIpc) is 2.24. The molecular formula is C13H14F3NO. The number of hydrogen-bond acceptors (Lipinski definition) is 2. The van der Waals surface area contributed by atoms with Crippen molar-refractivity contribution >= 4 is 11.4 Å². The molecule has 0 amide bonds. The number of ketones is 1. The van der Waals surface area contributed by atoms with Gasteiger partial charge in [-0.2, -0.15) is 13.2 Å². The minimum absolute atomic E-state index is 0.191. The molecule has 2 nitrogen and oxygen atoms in total. The SMILES string of the molecule is CC(=O)C(=CN(C)C)c1ccc(C(F)(F)F)cc1. The standard InChI is InChI=1S/C13H14F3NO/c1-9(18)12(8-17(2)3)10-4-6-11(7-5-10)13(14,15)16/h4-8H,1-3H3. The third kappa shape index (κ3) is 3.61. The van der Waals surface area contributed by atoms with Crippen molar-refractivity contribution in [2.75, 3.05) is 14.1 Å². The minimum Gasteiger partial charge on any atom is -0.383 e. The first-order valence-electron chi connectivity index (χ1n) is 5.28. The van der Waals surface area contributed by atoms with Crippen molar-refractivity contribution in [3.05, 3.63) is 41.6 Å². The van der Waals surface area contributed by atoms with Gasteiger partial charge in [-0.05, 0) is 24.6 Å². The van der Waals surface area contributed by atoms with Gasteiger partial charge in [0.2, 0.25) is 0 Å². The Balaban J connectivity index is 3.14. The number of carbonyl (C=O) groups is 1. The highest BCUT2D eigenvalue weighted by Crippen LogP contribution is 2.30. The summed E-state index contributed by atoms with van der Waals surface area (Å²) in [5.74, 6) is -0.191. The lowest BCUT2D eigenvalue weighted by atomic mass is 10.0. The molecule has 0 bridgehead atoms. The maximum absolute atomic E-state index is 12.4. The summed E-state index contributed by atoms with van der Waals surface area (Å²) in [5, 5.41) is 0. The highest BCUT2D eigenvalue weighted by atomic mass is 19.4. The average molecular weight is 257 g/mol. The van der Waals surface area contributed by atoms with Crippen LogP contribution >= 0.6 is 0 Å². The quantitative estimate of drug-likeness (QED) is 0.775. The molecule has 1 aromatic rings. The van der Waals surface area contributed by atoms with Crippen molar-refractivity contribution in [1.82, 2.24) is 4.90 Å². The Bertz CT molecular complexity index is 458. The summed E-state index contributed by atoms with van der Waals surface area (Å²) in [6.07, 6.45) is -2.77. The van der Waals surface area contributed by atoms with Gasteiger partial charge in [-0.3, -0.25) is 4.79 Å². The molecule has 5 heteroatoms. The normalized spacial score (nSPS) is 12.4. The summed E-state index contributed by atoms with van der Waals surface area (Å²) in [4.78, 5) is 13.1. The van der Waals surface area contributed by atoms with Gasteiger partial charge in [0, 0.05) is 25.9 Å². The first-order valence-corrected chi connectivity index (χ1v) is 5.28. The molecule has 0 aliphatic rings. The van der Waals surface area contributed by atoms with Gasteiger partial charge < -0.3 is 4.90 Å².